The molecule has 0 atom stereocenters. The van der Waals surface area contributed by atoms with Crippen LogP contribution in [-0.4, -0.2) is 45.5 Å². The third-order valence-corrected chi connectivity index (χ3v) is 2.72. The highest BCUT2D eigenvalue weighted by atomic mass is 32.2. The fourth-order valence-corrected chi connectivity index (χ4v) is 1.59. The van der Waals surface area contributed by atoms with Gasteiger partial charge in [-0.25, -0.2) is 8.42 Å². The molecular formula is C9H20N2O3S. The van der Waals surface area contributed by atoms with Crippen molar-refractivity contribution in [2.75, 3.05) is 25.1 Å². The van der Waals surface area contributed by atoms with Crippen LogP contribution in [0.5, 0.6) is 0 Å². The molecule has 0 aliphatic carbocycles. The van der Waals surface area contributed by atoms with Gasteiger partial charge in [-0.1, -0.05) is 13.8 Å². The van der Waals surface area contributed by atoms with Gasteiger partial charge in [-0.2, -0.15) is 0 Å². The van der Waals surface area contributed by atoms with Gasteiger partial charge in [-0.3, -0.25) is 4.79 Å². The second-order valence-corrected chi connectivity index (χ2v) is 6.13. The molecule has 0 rings (SSSR count). The Morgan fingerprint density at radius 1 is 1.33 bits per heavy atom. The van der Waals surface area contributed by atoms with Crippen molar-refractivity contribution >= 4 is 15.7 Å². The number of rotatable bonds is 7. The van der Waals surface area contributed by atoms with Gasteiger partial charge < -0.3 is 10.6 Å². The number of carbonyl (C=O) groups is 1. The van der Waals surface area contributed by atoms with Crippen LogP contribution in [-0.2, 0) is 14.6 Å². The second-order valence-electron chi connectivity index (χ2n) is 3.87. The molecule has 0 saturated heterocycles. The van der Waals surface area contributed by atoms with Crippen LogP contribution in [0.25, 0.3) is 0 Å². The zero-order chi connectivity index (χ0) is 11.9. The van der Waals surface area contributed by atoms with Crippen LogP contribution in [0.4, 0.5) is 0 Å². The lowest BCUT2D eigenvalue weighted by atomic mass is 10.4. The van der Waals surface area contributed by atoms with Crippen molar-refractivity contribution in [1.82, 2.24) is 10.6 Å². The van der Waals surface area contributed by atoms with Gasteiger partial charge in [-0.15, -0.1) is 0 Å². The molecule has 0 radical (unpaired) electrons. The summed E-state index contributed by atoms with van der Waals surface area (Å²) in [6.45, 7) is 4.59. The number of amides is 1. The number of nitrogens with one attached hydrogen (secondary N) is 2. The van der Waals surface area contributed by atoms with Crippen molar-refractivity contribution in [2.24, 2.45) is 0 Å². The van der Waals surface area contributed by atoms with Crippen LogP contribution in [0.15, 0.2) is 0 Å². The first-order chi connectivity index (χ1) is 6.81. The Morgan fingerprint density at radius 2 is 1.93 bits per heavy atom. The van der Waals surface area contributed by atoms with Gasteiger partial charge in [-0.05, 0) is 6.42 Å². The Hall–Kier alpha value is -0.620. The largest absolute Gasteiger partial charge is 0.355 e. The maximum absolute atomic E-state index is 11.1. The van der Waals surface area contributed by atoms with E-state index in [1.807, 2.05) is 13.8 Å². The average molecular weight is 236 g/mol. The lowest BCUT2D eigenvalue weighted by Crippen LogP contribution is -2.37. The molecule has 0 aromatic heterocycles. The maximum Gasteiger partial charge on any atom is 0.233 e. The predicted molar refractivity (Wildman–Crippen MR) is 60.5 cm³/mol. The van der Waals surface area contributed by atoms with Crippen LogP contribution >= 0.6 is 0 Å². The normalized spacial score (nSPS) is 11.7. The Balaban J connectivity index is 3.48. The predicted octanol–water partition coefficient (Wildman–Crippen LogP) is -0.465. The molecule has 0 aliphatic heterocycles. The van der Waals surface area contributed by atoms with E-state index in [-0.39, 0.29) is 24.2 Å². The van der Waals surface area contributed by atoms with Crippen molar-refractivity contribution in [3.8, 4) is 0 Å². The summed E-state index contributed by atoms with van der Waals surface area (Å²) in [6, 6.07) is 0.270. The molecule has 2 N–H and O–H groups in total. The molecule has 0 aliphatic rings. The first-order valence-electron chi connectivity index (χ1n) is 4.99. The van der Waals surface area contributed by atoms with Crippen LogP contribution in [0.3, 0.4) is 0 Å². The van der Waals surface area contributed by atoms with E-state index in [0.29, 0.717) is 13.0 Å². The zero-order valence-corrected chi connectivity index (χ0v) is 10.4. The maximum atomic E-state index is 11.1. The minimum Gasteiger partial charge on any atom is -0.355 e. The fraction of sp³-hybridized carbons (Fsp3) is 0.889. The van der Waals surface area contributed by atoms with Crippen molar-refractivity contribution in [2.45, 2.75) is 26.3 Å². The van der Waals surface area contributed by atoms with E-state index in [0.717, 1.165) is 0 Å². The Bertz CT molecular complexity index is 286. The number of sulfone groups is 1. The Kier molecular flexibility index (Phi) is 6.51. The van der Waals surface area contributed by atoms with E-state index in [1.165, 1.54) is 6.26 Å². The molecule has 90 valence electrons. The van der Waals surface area contributed by atoms with E-state index in [9.17, 15) is 13.2 Å². The summed E-state index contributed by atoms with van der Waals surface area (Å²) in [4.78, 5) is 11.1. The first kappa shape index (κ1) is 14.4. The van der Waals surface area contributed by atoms with E-state index < -0.39 is 9.84 Å². The lowest BCUT2D eigenvalue weighted by Gasteiger charge is -2.08. The molecular weight excluding hydrogens is 216 g/mol. The van der Waals surface area contributed by atoms with Crippen LogP contribution in [0.1, 0.15) is 20.3 Å². The van der Waals surface area contributed by atoms with Crippen LogP contribution in [0.2, 0.25) is 0 Å². The molecule has 15 heavy (non-hydrogen) atoms. The number of hydrogen-bond donors (Lipinski definition) is 2. The summed E-state index contributed by atoms with van der Waals surface area (Å²) in [6.07, 6.45) is 1.65. The van der Waals surface area contributed by atoms with Crippen molar-refractivity contribution in [3.05, 3.63) is 0 Å². The fourth-order valence-electron chi connectivity index (χ4n) is 0.921. The molecule has 6 heteroatoms. The molecule has 0 heterocycles. The quantitative estimate of drug-likeness (QED) is 0.586. The molecule has 0 bridgehead atoms. The summed E-state index contributed by atoms with van der Waals surface area (Å²) >= 11 is 0. The van der Waals surface area contributed by atoms with Gasteiger partial charge >= 0.3 is 0 Å². The molecule has 0 saturated carbocycles. The minimum atomic E-state index is -2.91. The third kappa shape index (κ3) is 11.3. The molecule has 0 unspecified atom stereocenters. The molecule has 0 spiro atoms. The van der Waals surface area contributed by atoms with E-state index >= 15 is 0 Å². The standard InChI is InChI=1S/C9H20N2O3S/c1-8(2)11-7-9(12)10-5-4-6-15(3,13)14/h8,11H,4-7H2,1-3H3,(H,10,12). The molecule has 1 amide bonds. The zero-order valence-electron chi connectivity index (χ0n) is 9.54. The average Bonchev–Trinajstić information content (AvgIpc) is 2.07. The highest BCUT2D eigenvalue weighted by Crippen LogP contribution is 1.86. The van der Waals surface area contributed by atoms with Crippen molar-refractivity contribution in [1.29, 1.82) is 0 Å². The van der Waals surface area contributed by atoms with E-state index in [4.69, 9.17) is 0 Å². The molecule has 0 aromatic rings. The van der Waals surface area contributed by atoms with Gasteiger partial charge in [0.1, 0.15) is 9.84 Å². The topological polar surface area (TPSA) is 75.3 Å². The second kappa shape index (κ2) is 6.79. The van der Waals surface area contributed by atoms with E-state index in [1.54, 1.807) is 0 Å². The summed E-state index contributed by atoms with van der Waals surface area (Å²) in [7, 11) is -2.91. The van der Waals surface area contributed by atoms with Crippen molar-refractivity contribution < 1.29 is 13.2 Å². The van der Waals surface area contributed by atoms with Gasteiger partial charge in [0, 0.05) is 18.8 Å². The minimum absolute atomic E-state index is 0.0998. The van der Waals surface area contributed by atoms with Gasteiger partial charge in [0.25, 0.3) is 0 Å². The van der Waals surface area contributed by atoms with Crippen LogP contribution in [0, 0.1) is 0 Å². The first-order valence-corrected chi connectivity index (χ1v) is 7.05. The third-order valence-electron chi connectivity index (χ3n) is 1.68. The monoisotopic (exact) mass is 236 g/mol. The molecule has 5 nitrogen and oxygen atoms in total. The van der Waals surface area contributed by atoms with Gasteiger partial charge in [0.15, 0.2) is 0 Å². The SMILES string of the molecule is CC(C)NCC(=O)NCCCS(C)(=O)=O. The lowest BCUT2D eigenvalue weighted by molar-refractivity contribution is -0.120. The van der Waals surface area contributed by atoms with Crippen LogP contribution < -0.4 is 10.6 Å². The Morgan fingerprint density at radius 3 is 2.40 bits per heavy atom. The highest BCUT2D eigenvalue weighted by molar-refractivity contribution is 7.90. The van der Waals surface area contributed by atoms with E-state index in [2.05, 4.69) is 10.6 Å². The molecule has 0 fully saturated rings. The Labute approximate surface area is 91.5 Å². The summed E-state index contributed by atoms with van der Waals surface area (Å²) < 4.78 is 21.5. The summed E-state index contributed by atoms with van der Waals surface area (Å²) in [5.74, 6) is 0.0161. The van der Waals surface area contributed by atoms with Gasteiger partial charge in [0.05, 0.1) is 12.3 Å². The summed E-state index contributed by atoms with van der Waals surface area (Å²) in [5, 5.41) is 5.62. The highest BCUT2D eigenvalue weighted by Gasteiger charge is 2.03. The summed E-state index contributed by atoms with van der Waals surface area (Å²) in [5.41, 5.74) is 0. The molecule has 0 aromatic carbocycles. The number of carbonyl (C=O) groups excluding carboxylic acids is 1. The number of hydrogen-bond acceptors (Lipinski definition) is 4. The van der Waals surface area contributed by atoms with Crippen molar-refractivity contribution in [3.63, 3.8) is 0 Å². The van der Waals surface area contributed by atoms with Gasteiger partial charge in [0.2, 0.25) is 5.91 Å². The smallest absolute Gasteiger partial charge is 0.233 e.